The third kappa shape index (κ3) is 4.89. The summed E-state index contributed by atoms with van der Waals surface area (Å²) < 4.78 is 43.0. The predicted octanol–water partition coefficient (Wildman–Crippen LogP) is 4.14. The molecule has 204 valence electrons. The zero-order chi connectivity index (χ0) is 27.8. The van der Waals surface area contributed by atoms with E-state index in [0.29, 0.717) is 33.9 Å². The van der Waals surface area contributed by atoms with Crippen molar-refractivity contribution in [2.45, 2.75) is 43.3 Å². The minimum absolute atomic E-state index is 0.00563. The molecule has 0 spiro atoms. The highest BCUT2D eigenvalue weighted by molar-refractivity contribution is 7.93. The van der Waals surface area contributed by atoms with Gasteiger partial charge in [0.2, 0.25) is 16.0 Å². The molecule has 2 atom stereocenters. The smallest absolute Gasteiger partial charge is 0.243 e. The maximum atomic E-state index is 13.7. The number of hydrogen-bond acceptors (Lipinski definition) is 9. The van der Waals surface area contributed by atoms with Gasteiger partial charge in [0, 0.05) is 24.5 Å². The summed E-state index contributed by atoms with van der Waals surface area (Å²) in [6.07, 6.45) is 6.15. The number of aromatic nitrogens is 6. The van der Waals surface area contributed by atoms with Crippen molar-refractivity contribution in [3.8, 4) is 17.2 Å². The van der Waals surface area contributed by atoms with Crippen molar-refractivity contribution in [1.82, 2.24) is 29.7 Å². The molecule has 4 aromatic rings. The highest BCUT2D eigenvalue weighted by atomic mass is 35.5. The van der Waals surface area contributed by atoms with Gasteiger partial charge in [-0.25, -0.2) is 18.4 Å². The summed E-state index contributed by atoms with van der Waals surface area (Å²) in [4.78, 5) is 13.0. The van der Waals surface area contributed by atoms with Crippen LogP contribution in [-0.2, 0) is 15.4 Å². The SMILES string of the molecule is COc1cccc(OC)c1-n1c(NS(=O)(=O)[C@@H](C)[C@H](C)c2ncc(Cl)cn2)nnc1C1(c2ccccn2)CC1. The lowest BCUT2D eigenvalue weighted by molar-refractivity contribution is 0.390. The molecule has 1 saturated carbocycles. The molecule has 13 heteroatoms. The van der Waals surface area contributed by atoms with Gasteiger partial charge in [-0.05, 0) is 44.0 Å². The van der Waals surface area contributed by atoms with Crippen LogP contribution in [0.2, 0.25) is 5.02 Å². The minimum Gasteiger partial charge on any atom is -0.494 e. The highest BCUT2D eigenvalue weighted by Gasteiger charge is 2.52. The number of pyridine rings is 1. The van der Waals surface area contributed by atoms with Gasteiger partial charge < -0.3 is 9.47 Å². The molecule has 11 nitrogen and oxygen atoms in total. The summed E-state index contributed by atoms with van der Waals surface area (Å²) in [7, 11) is -0.930. The third-order valence-corrected chi connectivity index (χ3v) is 9.15. The molecule has 0 amide bonds. The number of nitrogens with one attached hydrogen (secondary N) is 1. The maximum absolute atomic E-state index is 13.7. The van der Waals surface area contributed by atoms with E-state index in [0.717, 1.165) is 18.5 Å². The van der Waals surface area contributed by atoms with E-state index in [2.05, 4.69) is 29.9 Å². The topological polar surface area (TPSA) is 134 Å². The second-order valence-electron chi connectivity index (χ2n) is 9.39. The standard InChI is InChI=1S/C26H28ClN7O4S/c1-16(23-29-14-18(27)15-30-23)17(2)39(35,36)33-25-32-31-24(26(11-12-26)21-10-5-6-13-28-21)34(25)22-19(37-3)8-7-9-20(22)38-4/h5-10,13-17H,11-12H2,1-4H3,(H,32,33)/t16-,17-/m0/s1. The molecule has 1 aliphatic rings. The molecule has 1 aromatic carbocycles. The molecule has 0 saturated heterocycles. The van der Waals surface area contributed by atoms with Crippen LogP contribution in [0.25, 0.3) is 5.69 Å². The first-order chi connectivity index (χ1) is 18.7. The van der Waals surface area contributed by atoms with E-state index < -0.39 is 26.6 Å². The van der Waals surface area contributed by atoms with Gasteiger partial charge in [-0.15, -0.1) is 10.2 Å². The number of hydrogen-bond donors (Lipinski definition) is 1. The Labute approximate surface area is 231 Å². The van der Waals surface area contributed by atoms with Crippen molar-refractivity contribution in [1.29, 1.82) is 0 Å². The Morgan fingerprint density at radius 3 is 2.21 bits per heavy atom. The number of ether oxygens (including phenoxy) is 2. The van der Waals surface area contributed by atoms with Crippen LogP contribution >= 0.6 is 11.6 Å². The third-order valence-electron chi connectivity index (χ3n) is 7.10. The number of anilines is 1. The minimum atomic E-state index is -4.00. The summed E-state index contributed by atoms with van der Waals surface area (Å²) in [5.74, 6) is 1.28. The Morgan fingerprint density at radius 1 is 0.974 bits per heavy atom. The Hall–Kier alpha value is -3.77. The van der Waals surface area contributed by atoms with Crippen LogP contribution in [0.1, 0.15) is 49.9 Å². The number of benzene rings is 1. The van der Waals surface area contributed by atoms with Crippen LogP contribution in [0.4, 0.5) is 5.95 Å². The van der Waals surface area contributed by atoms with E-state index in [4.69, 9.17) is 21.1 Å². The molecule has 1 N–H and O–H groups in total. The van der Waals surface area contributed by atoms with Crippen molar-refractivity contribution < 1.29 is 17.9 Å². The first kappa shape index (κ1) is 26.8. The molecular weight excluding hydrogens is 542 g/mol. The summed E-state index contributed by atoms with van der Waals surface area (Å²) >= 11 is 5.91. The van der Waals surface area contributed by atoms with Gasteiger partial charge in [0.15, 0.2) is 5.82 Å². The number of halogens is 1. The van der Waals surface area contributed by atoms with Crippen molar-refractivity contribution >= 4 is 27.6 Å². The average molecular weight is 570 g/mol. The van der Waals surface area contributed by atoms with E-state index in [9.17, 15) is 8.42 Å². The lowest BCUT2D eigenvalue weighted by atomic mass is 10.0. The number of para-hydroxylation sites is 1. The van der Waals surface area contributed by atoms with Gasteiger partial charge in [-0.3, -0.25) is 14.3 Å². The lowest BCUT2D eigenvalue weighted by Crippen LogP contribution is -2.31. The Balaban J connectivity index is 1.62. The van der Waals surface area contributed by atoms with Gasteiger partial charge in [-0.1, -0.05) is 30.7 Å². The summed E-state index contributed by atoms with van der Waals surface area (Å²) in [6, 6.07) is 11.0. The fraction of sp³-hybridized carbons (Fsp3) is 0.346. The van der Waals surface area contributed by atoms with Gasteiger partial charge in [0.25, 0.3) is 0 Å². The van der Waals surface area contributed by atoms with Crippen LogP contribution in [0, 0.1) is 0 Å². The monoisotopic (exact) mass is 569 g/mol. The Kier molecular flexibility index (Phi) is 7.17. The molecule has 0 bridgehead atoms. The predicted molar refractivity (Wildman–Crippen MR) is 146 cm³/mol. The van der Waals surface area contributed by atoms with E-state index >= 15 is 0 Å². The molecule has 1 fully saturated rings. The molecule has 3 heterocycles. The van der Waals surface area contributed by atoms with Crippen LogP contribution in [0.3, 0.4) is 0 Å². The number of sulfonamides is 1. The van der Waals surface area contributed by atoms with Crippen molar-refractivity contribution in [2.24, 2.45) is 0 Å². The molecule has 0 radical (unpaired) electrons. The number of methoxy groups -OCH3 is 2. The fourth-order valence-electron chi connectivity index (χ4n) is 4.55. The van der Waals surface area contributed by atoms with Crippen molar-refractivity contribution in [3.63, 3.8) is 0 Å². The molecule has 0 aliphatic heterocycles. The molecule has 39 heavy (non-hydrogen) atoms. The lowest BCUT2D eigenvalue weighted by Gasteiger charge is -2.23. The Morgan fingerprint density at radius 2 is 1.64 bits per heavy atom. The second-order valence-corrected chi connectivity index (χ2v) is 11.9. The average Bonchev–Trinajstić information content (AvgIpc) is 3.67. The van der Waals surface area contributed by atoms with Crippen molar-refractivity contribution in [3.05, 3.63) is 77.4 Å². The number of rotatable bonds is 10. The second kappa shape index (κ2) is 10.4. The van der Waals surface area contributed by atoms with E-state index in [1.807, 2.05) is 18.2 Å². The molecule has 3 aromatic heterocycles. The summed E-state index contributed by atoms with van der Waals surface area (Å²) in [5, 5.41) is 8.28. The summed E-state index contributed by atoms with van der Waals surface area (Å²) in [6.45, 7) is 3.33. The van der Waals surface area contributed by atoms with Gasteiger partial charge in [0.1, 0.15) is 23.0 Å². The van der Waals surface area contributed by atoms with Crippen LogP contribution in [0.5, 0.6) is 11.5 Å². The molecule has 1 aliphatic carbocycles. The zero-order valence-corrected chi connectivity index (χ0v) is 23.4. The highest BCUT2D eigenvalue weighted by Crippen LogP contribution is 2.53. The van der Waals surface area contributed by atoms with Gasteiger partial charge in [-0.2, -0.15) is 0 Å². The van der Waals surface area contributed by atoms with Gasteiger partial charge >= 0.3 is 0 Å². The summed E-state index contributed by atoms with van der Waals surface area (Å²) in [5.41, 5.74) is 0.757. The molecule has 0 unspecified atom stereocenters. The van der Waals surface area contributed by atoms with Crippen LogP contribution in [-0.4, -0.2) is 57.6 Å². The normalized spacial score (nSPS) is 15.8. The fourth-order valence-corrected chi connectivity index (χ4v) is 5.87. The molecular formula is C26H28ClN7O4S. The Bertz CT molecular complexity index is 1550. The quantitative estimate of drug-likeness (QED) is 0.299. The van der Waals surface area contributed by atoms with Crippen LogP contribution < -0.4 is 14.2 Å². The van der Waals surface area contributed by atoms with Gasteiger partial charge in [0.05, 0.1) is 35.6 Å². The number of nitrogens with zero attached hydrogens (tertiary/aromatic N) is 6. The first-order valence-corrected chi connectivity index (χ1v) is 14.2. The first-order valence-electron chi connectivity index (χ1n) is 12.3. The van der Waals surface area contributed by atoms with E-state index in [-0.39, 0.29) is 5.95 Å². The van der Waals surface area contributed by atoms with E-state index in [1.54, 1.807) is 42.8 Å². The molecule has 5 rings (SSSR count). The largest absolute Gasteiger partial charge is 0.494 e. The maximum Gasteiger partial charge on any atom is 0.243 e. The van der Waals surface area contributed by atoms with E-state index in [1.165, 1.54) is 26.6 Å². The van der Waals surface area contributed by atoms with Crippen LogP contribution in [0.15, 0.2) is 55.0 Å². The van der Waals surface area contributed by atoms with Crippen molar-refractivity contribution in [2.75, 3.05) is 18.9 Å². The zero-order valence-electron chi connectivity index (χ0n) is 21.9.